The lowest BCUT2D eigenvalue weighted by molar-refractivity contribution is 0.820. The van der Waals surface area contributed by atoms with Crippen molar-refractivity contribution >= 4 is 83.1 Å². The summed E-state index contributed by atoms with van der Waals surface area (Å²) in [5.41, 5.74) is 18.6. The van der Waals surface area contributed by atoms with E-state index in [0.29, 0.717) is 11.2 Å². The average Bonchev–Trinajstić information content (AvgIpc) is 4.18. The minimum absolute atomic E-state index is 0.423. The molecule has 0 N–H and O–H groups in total. The van der Waals surface area contributed by atoms with Crippen LogP contribution in [0, 0.1) is 0 Å². The second kappa shape index (κ2) is 12.5. The van der Waals surface area contributed by atoms with Gasteiger partial charge in [-0.05, 0) is 100 Å². The van der Waals surface area contributed by atoms with Crippen molar-refractivity contribution in [2.45, 2.75) is 24.0 Å². The van der Waals surface area contributed by atoms with Crippen molar-refractivity contribution in [2.24, 2.45) is 0 Å². The Bertz CT molecular complexity index is 3630. The third-order valence-corrected chi connectivity index (χ3v) is 16.2. The smallest absolute Gasteiger partial charge is 0.0620 e. The lowest BCUT2D eigenvalue weighted by Crippen LogP contribution is -2.01. The van der Waals surface area contributed by atoms with Crippen LogP contribution in [0.25, 0.3) is 98.4 Å². The minimum atomic E-state index is 0.423. The van der Waals surface area contributed by atoms with Gasteiger partial charge in [0.1, 0.15) is 0 Å². The van der Waals surface area contributed by atoms with E-state index in [0.717, 1.165) is 12.8 Å². The molecule has 6 heterocycles. The normalized spacial score (nSPS) is 16.8. The third kappa shape index (κ3) is 4.66. The molecular weight excluding hydrogens is 765 g/mol. The van der Waals surface area contributed by atoms with Crippen LogP contribution >= 0.6 is 23.1 Å². The lowest BCUT2D eigenvalue weighted by atomic mass is 9.86. The molecule has 2 nitrogen and oxygen atoms in total. The zero-order valence-electron chi connectivity index (χ0n) is 32.6. The van der Waals surface area contributed by atoms with Crippen LogP contribution in [0.15, 0.2) is 176 Å². The van der Waals surface area contributed by atoms with Gasteiger partial charge in [0, 0.05) is 69.7 Å². The van der Waals surface area contributed by atoms with Crippen LogP contribution in [0.3, 0.4) is 0 Å². The van der Waals surface area contributed by atoms with E-state index in [2.05, 4.69) is 191 Å². The first-order valence-corrected chi connectivity index (χ1v) is 22.7. The molecule has 60 heavy (non-hydrogen) atoms. The molecule has 3 aliphatic rings. The van der Waals surface area contributed by atoms with Gasteiger partial charge >= 0.3 is 0 Å². The van der Waals surface area contributed by atoms with Gasteiger partial charge in [0.05, 0.1) is 22.1 Å². The molecule has 2 aliphatic heterocycles. The molecule has 14 rings (SSSR count). The molecule has 282 valence electrons. The number of hydrogen-bond acceptors (Lipinski definition) is 2. The molecule has 0 saturated heterocycles. The highest BCUT2D eigenvalue weighted by Gasteiger charge is 2.35. The minimum Gasteiger partial charge on any atom is -0.312 e. The molecular formula is C56H36N2S2. The zero-order chi connectivity index (χ0) is 39.1. The van der Waals surface area contributed by atoms with Gasteiger partial charge in [-0.3, -0.25) is 0 Å². The quantitative estimate of drug-likeness (QED) is 0.168. The van der Waals surface area contributed by atoms with Crippen molar-refractivity contribution in [1.29, 1.82) is 0 Å². The molecule has 11 aromatic rings. The van der Waals surface area contributed by atoms with Gasteiger partial charge in [-0.1, -0.05) is 133 Å². The Morgan fingerprint density at radius 2 is 1.17 bits per heavy atom. The summed E-state index contributed by atoms with van der Waals surface area (Å²) in [5.74, 6) is 0.423. The maximum atomic E-state index is 2.52. The summed E-state index contributed by atoms with van der Waals surface area (Å²) in [4.78, 5) is 4.08. The summed E-state index contributed by atoms with van der Waals surface area (Å²) in [6, 6.07) is 61.6. The van der Waals surface area contributed by atoms with Gasteiger partial charge in [0.15, 0.2) is 0 Å². The summed E-state index contributed by atoms with van der Waals surface area (Å²) in [7, 11) is 0. The second-order valence-electron chi connectivity index (χ2n) is 16.7. The highest BCUT2D eigenvalue weighted by Crippen LogP contribution is 2.52. The highest BCUT2D eigenvalue weighted by molar-refractivity contribution is 8.09. The van der Waals surface area contributed by atoms with Gasteiger partial charge in [-0.15, -0.1) is 23.1 Å². The van der Waals surface area contributed by atoms with E-state index >= 15 is 0 Å². The molecule has 0 spiro atoms. The van der Waals surface area contributed by atoms with Gasteiger partial charge in [-0.2, -0.15) is 0 Å². The van der Waals surface area contributed by atoms with Crippen LogP contribution in [-0.4, -0.2) is 8.97 Å². The van der Waals surface area contributed by atoms with E-state index in [9.17, 15) is 0 Å². The van der Waals surface area contributed by atoms with Crippen LogP contribution in [0.4, 0.5) is 0 Å². The van der Waals surface area contributed by atoms with Crippen molar-refractivity contribution in [3.63, 3.8) is 0 Å². The van der Waals surface area contributed by atoms with Crippen LogP contribution in [0.1, 0.15) is 51.3 Å². The standard InChI is InChI=1S/C56H36N2S2/c1-3-13-47-39(7-1)41-9-5-11-43-45-31-37(23-25-49(45)57(47)55(41)43)33-15-19-35(20-16-33)51-27-29-53(59-51)54-30-28-52(60-54)36-21-17-34(18-22-36)38-24-26-50-46(32-38)44-12-6-10-42-40-8-2-4-14-48(40)58(50)56(42)44/h1-11,13-27,29-32,44,52H,12,28H2. The van der Waals surface area contributed by atoms with Crippen LogP contribution in [0.2, 0.25) is 0 Å². The monoisotopic (exact) mass is 800 g/mol. The number of fused-ring (bicyclic) bond motifs is 12. The molecule has 7 aromatic carbocycles. The molecule has 0 saturated carbocycles. The molecule has 1 aliphatic carbocycles. The number of para-hydroxylation sites is 3. The summed E-state index contributed by atoms with van der Waals surface area (Å²) in [6.45, 7) is 0. The molecule has 0 amide bonds. The number of thiophene rings is 1. The number of allylic oxidation sites excluding steroid dienone is 2. The number of hydrogen-bond donors (Lipinski definition) is 0. The molecule has 4 aromatic heterocycles. The molecule has 0 fully saturated rings. The van der Waals surface area contributed by atoms with Crippen LogP contribution in [-0.2, 0) is 0 Å². The first kappa shape index (κ1) is 33.3. The van der Waals surface area contributed by atoms with Crippen LogP contribution < -0.4 is 0 Å². The maximum Gasteiger partial charge on any atom is 0.0620 e. The number of nitrogens with zero attached hydrogens (tertiary/aromatic N) is 2. The highest BCUT2D eigenvalue weighted by atomic mass is 32.2. The van der Waals surface area contributed by atoms with Crippen molar-refractivity contribution < 1.29 is 0 Å². The van der Waals surface area contributed by atoms with Crippen molar-refractivity contribution in [1.82, 2.24) is 8.97 Å². The van der Waals surface area contributed by atoms with Crippen molar-refractivity contribution in [3.8, 4) is 38.4 Å². The van der Waals surface area contributed by atoms with E-state index in [1.165, 1.54) is 120 Å². The van der Waals surface area contributed by atoms with E-state index in [4.69, 9.17) is 0 Å². The van der Waals surface area contributed by atoms with Gasteiger partial charge in [0.2, 0.25) is 0 Å². The molecule has 0 bridgehead atoms. The predicted octanol–water partition coefficient (Wildman–Crippen LogP) is 15.9. The van der Waals surface area contributed by atoms with Gasteiger partial charge < -0.3 is 8.97 Å². The van der Waals surface area contributed by atoms with Gasteiger partial charge in [0.25, 0.3) is 0 Å². The largest absolute Gasteiger partial charge is 0.312 e. The topological polar surface area (TPSA) is 9.34 Å². The number of thioether (sulfide) groups is 1. The molecule has 0 radical (unpaired) electrons. The van der Waals surface area contributed by atoms with E-state index in [1.54, 1.807) is 0 Å². The predicted molar refractivity (Wildman–Crippen MR) is 257 cm³/mol. The lowest BCUT2D eigenvalue weighted by Gasteiger charge is -2.16. The number of benzene rings is 7. The fourth-order valence-corrected chi connectivity index (χ4v) is 13.2. The summed E-state index contributed by atoms with van der Waals surface area (Å²) in [6.07, 6.45) is 9.27. The Balaban J connectivity index is 0.687. The van der Waals surface area contributed by atoms with E-state index in [1.807, 2.05) is 23.1 Å². The summed E-state index contributed by atoms with van der Waals surface area (Å²) >= 11 is 3.92. The second-order valence-corrected chi connectivity index (χ2v) is 19.0. The number of aromatic nitrogens is 2. The first-order valence-electron chi connectivity index (χ1n) is 21.0. The Labute approximate surface area is 355 Å². The van der Waals surface area contributed by atoms with Crippen molar-refractivity contribution in [2.75, 3.05) is 0 Å². The Hall–Kier alpha value is -6.59. The number of rotatable bonds is 5. The average molecular weight is 801 g/mol. The Morgan fingerprint density at radius 1 is 0.500 bits per heavy atom. The molecule has 4 heteroatoms. The Morgan fingerprint density at radius 3 is 2.03 bits per heavy atom. The first-order chi connectivity index (χ1) is 29.7. The van der Waals surface area contributed by atoms with E-state index in [-0.39, 0.29) is 0 Å². The summed E-state index contributed by atoms with van der Waals surface area (Å²) in [5, 5.41) is 7.08. The van der Waals surface area contributed by atoms with E-state index < -0.39 is 0 Å². The fourth-order valence-electron chi connectivity index (χ4n) is 10.8. The zero-order valence-corrected chi connectivity index (χ0v) is 34.2. The SMILES string of the molecule is C1=Cc2c3n(c4ccccc24)-c2ccc(-c4ccc(C5CC=C(c6ccc(-c7ccc(-c8ccc9c(c8)c8cccc%10c%11ccccc%11n9c%108)cc7)s6)S5)cc4)cc2C3C1. The van der Waals surface area contributed by atoms with Gasteiger partial charge in [-0.25, -0.2) is 0 Å². The molecule has 2 atom stereocenters. The van der Waals surface area contributed by atoms with Crippen LogP contribution in [0.5, 0.6) is 0 Å². The summed E-state index contributed by atoms with van der Waals surface area (Å²) < 4.78 is 4.97. The fraction of sp³-hybridized carbons (Fsp3) is 0.0714. The maximum absolute atomic E-state index is 2.52. The Kier molecular flexibility index (Phi) is 6.91. The third-order valence-electron chi connectivity index (χ3n) is 13.6. The van der Waals surface area contributed by atoms with Crippen molar-refractivity contribution in [3.05, 3.63) is 203 Å². The molecule has 2 unspecified atom stereocenters.